The van der Waals surface area contributed by atoms with Crippen LogP contribution in [0.4, 0.5) is 0 Å². The molecular formula is C25H33NO5. The number of aliphatic hydroxyl groups is 1. The fourth-order valence-corrected chi connectivity index (χ4v) is 3.01. The van der Waals surface area contributed by atoms with E-state index < -0.39 is 11.7 Å². The number of carbonyl (C=O) groups excluding carboxylic acids is 2. The highest BCUT2D eigenvalue weighted by atomic mass is 16.6. The molecule has 168 valence electrons. The molecule has 0 saturated carbocycles. The van der Waals surface area contributed by atoms with E-state index in [0.717, 1.165) is 18.4 Å². The van der Waals surface area contributed by atoms with E-state index >= 15 is 0 Å². The van der Waals surface area contributed by atoms with Crippen molar-refractivity contribution in [1.82, 2.24) is 5.32 Å². The summed E-state index contributed by atoms with van der Waals surface area (Å²) in [6.07, 6.45) is 1.52. The van der Waals surface area contributed by atoms with Crippen molar-refractivity contribution in [2.45, 2.75) is 58.7 Å². The maximum atomic E-state index is 12.2. The standard InChI is InChI=1S/C25H33NO5/c1-5-6-18-7-9-19(10-8-18)15-23(28)30-21-13-11-20(12-14-21)22(27)16-26-17-24(29)31-25(2,3)4/h7-14,22,26-27H,5-6,15-17H2,1-4H3. The van der Waals surface area contributed by atoms with Gasteiger partial charge in [-0.3, -0.25) is 9.59 Å². The smallest absolute Gasteiger partial charge is 0.320 e. The van der Waals surface area contributed by atoms with Crippen LogP contribution in [-0.4, -0.2) is 35.7 Å². The Morgan fingerprint density at radius 1 is 0.968 bits per heavy atom. The van der Waals surface area contributed by atoms with Crippen LogP contribution in [0.15, 0.2) is 48.5 Å². The van der Waals surface area contributed by atoms with Crippen LogP contribution in [0, 0.1) is 0 Å². The molecular weight excluding hydrogens is 394 g/mol. The first-order valence-electron chi connectivity index (χ1n) is 10.7. The maximum Gasteiger partial charge on any atom is 0.320 e. The van der Waals surface area contributed by atoms with Gasteiger partial charge in [0.1, 0.15) is 11.4 Å². The lowest BCUT2D eigenvalue weighted by atomic mass is 10.1. The molecule has 1 unspecified atom stereocenters. The molecule has 0 aliphatic rings. The quantitative estimate of drug-likeness (QED) is 0.444. The van der Waals surface area contributed by atoms with Crippen LogP contribution in [0.1, 0.15) is 56.9 Å². The minimum Gasteiger partial charge on any atom is -0.459 e. The van der Waals surface area contributed by atoms with Crippen molar-refractivity contribution in [2.24, 2.45) is 0 Å². The molecule has 0 aliphatic heterocycles. The first kappa shape index (κ1) is 24.6. The average Bonchev–Trinajstić information content (AvgIpc) is 2.68. The van der Waals surface area contributed by atoms with Gasteiger partial charge in [0.15, 0.2) is 0 Å². The lowest BCUT2D eigenvalue weighted by molar-refractivity contribution is -0.153. The lowest BCUT2D eigenvalue weighted by Crippen LogP contribution is -2.33. The number of nitrogens with one attached hydrogen (secondary N) is 1. The summed E-state index contributed by atoms with van der Waals surface area (Å²) < 4.78 is 10.6. The molecule has 2 rings (SSSR count). The van der Waals surface area contributed by atoms with Crippen LogP contribution in [0.25, 0.3) is 0 Å². The summed E-state index contributed by atoms with van der Waals surface area (Å²) in [6.45, 7) is 7.76. The van der Waals surface area contributed by atoms with Crippen molar-refractivity contribution in [3.8, 4) is 5.75 Å². The molecule has 0 aromatic heterocycles. The Kier molecular flexibility index (Phi) is 9.21. The van der Waals surface area contributed by atoms with Gasteiger partial charge in [-0.2, -0.15) is 0 Å². The highest BCUT2D eigenvalue weighted by Crippen LogP contribution is 2.18. The van der Waals surface area contributed by atoms with E-state index in [1.54, 1.807) is 45.0 Å². The van der Waals surface area contributed by atoms with Crippen LogP contribution < -0.4 is 10.1 Å². The lowest BCUT2D eigenvalue weighted by Gasteiger charge is -2.20. The normalized spacial score (nSPS) is 12.3. The Bertz CT molecular complexity index is 838. The second-order valence-electron chi connectivity index (χ2n) is 8.52. The summed E-state index contributed by atoms with van der Waals surface area (Å²) in [7, 11) is 0. The van der Waals surface area contributed by atoms with E-state index in [0.29, 0.717) is 11.3 Å². The molecule has 31 heavy (non-hydrogen) atoms. The van der Waals surface area contributed by atoms with E-state index in [1.807, 2.05) is 24.3 Å². The minimum atomic E-state index is -0.797. The Hall–Kier alpha value is -2.70. The Morgan fingerprint density at radius 2 is 1.58 bits per heavy atom. The summed E-state index contributed by atoms with van der Waals surface area (Å²) in [6, 6.07) is 14.7. The summed E-state index contributed by atoms with van der Waals surface area (Å²) in [5, 5.41) is 13.2. The van der Waals surface area contributed by atoms with Crippen LogP contribution in [-0.2, 0) is 27.2 Å². The number of aliphatic hydroxyl groups excluding tert-OH is 1. The maximum absolute atomic E-state index is 12.2. The SMILES string of the molecule is CCCc1ccc(CC(=O)Oc2ccc(C(O)CNCC(=O)OC(C)(C)C)cc2)cc1. The van der Waals surface area contributed by atoms with Crippen LogP contribution in [0.3, 0.4) is 0 Å². The van der Waals surface area contributed by atoms with Crippen molar-refractivity contribution in [3.63, 3.8) is 0 Å². The fourth-order valence-electron chi connectivity index (χ4n) is 3.01. The predicted molar refractivity (Wildman–Crippen MR) is 120 cm³/mol. The zero-order chi connectivity index (χ0) is 22.9. The first-order valence-corrected chi connectivity index (χ1v) is 10.7. The van der Waals surface area contributed by atoms with Gasteiger partial charge in [0.2, 0.25) is 0 Å². The number of benzene rings is 2. The van der Waals surface area contributed by atoms with Gasteiger partial charge >= 0.3 is 11.9 Å². The number of hydrogen-bond donors (Lipinski definition) is 2. The van der Waals surface area contributed by atoms with Crippen molar-refractivity contribution in [3.05, 3.63) is 65.2 Å². The average molecular weight is 428 g/mol. The van der Waals surface area contributed by atoms with Crippen LogP contribution >= 0.6 is 0 Å². The van der Waals surface area contributed by atoms with Crippen LogP contribution in [0.2, 0.25) is 0 Å². The third kappa shape index (κ3) is 9.32. The molecule has 0 aliphatic carbocycles. The molecule has 0 spiro atoms. The molecule has 2 aromatic rings. The second-order valence-corrected chi connectivity index (χ2v) is 8.52. The van der Waals surface area contributed by atoms with Gasteiger partial charge in [0.05, 0.1) is 19.1 Å². The van der Waals surface area contributed by atoms with E-state index in [2.05, 4.69) is 12.2 Å². The fraction of sp³-hybridized carbons (Fsp3) is 0.440. The molecule has 0 heterocycles. The minimum absolute atomic E-state index is 0.0173. The molecule has 2 aromatic carbocycles. The zero-order valence-electron chi connectivity index (χ0n) is 18.8. The van der Waals surface area contributed by atoms with Crippen molar-refractivity contribution in [2.75, 3.05) is 13.1 Å². The van der Waals surface area contributed by atoms with Crippen LogP contribution in [0.5, 0.6) is 5.75 Å². The van der Waals surface area contributed by atoms with Crippen molar-refractivity contribution in [1.29, 1.82) is 0 Å². The van der Waals surface area contributed by atoms with Crippen molar-refractivity contribution >= 4 is 11.9 Å². The first-order chi connectivity index (χ1) is 14.7. The molecule has 2 N–H and O–H groups in total. The molecule has 0 amide bonds. The predicted octanol–water partition coefficient (Wildman–Crippen LogP) is 3.75. The summed E-state index contributed by atoms with van der Waals surface area (Å²) in [4.78, 5) is 23.9. The second kappa shape index (κ2) is 11.6. The Morgan fingerprint density at radius 3 is 2.16 bits per heavy atom. The number of rotatable bonds is 10. The van der Waals surface area contributed by atoms with Crippen molar-refractivity contribution < 1.29 is 24.2 Å². The number of esters is 2. The number of carbonyl (C=O) groups is 2. The highest BCUT2D eigenvalue weighted by molar-refractivity contribution is 5.75. The van der Waals surface area contributed by atoms with Gasteiger partial charge in [-0.25, -0.2) is 0 Å². The molecule has 6 heteroatoms. The number of ether oxygens (including phenoxy) is 2. The van der Waals surface area contributed by atoms with Gasteiger partial charge in [0, 0.05) is 6.54 Å². The third-order valence-corrected chi connectivity index (χ3v) is 4.43. The summed E-state index contributed by atoms with van der Waals surface area (Å²) >= 11 is 0. The topological polar surface area (TPSA) is 84.9 Å². The number of aryl methyl sites for hydroxylation is 1. The van der Waals surface area contributed by atoms with Gasteiger partial charge < -0.3 is 19.9 Å². The van der Waals surface area contributed by atoms with Gasteiger partial charge in [-0.05, 0) is 56.0 Å². The molecule has 0 bridgehead atoms. The molecule has 1 atom stereocenters. The highest BCUT2D eigenvalue weighted by Gasteiger charge is 2.16. The van der Waals surface area contributed by atoms with Gasteiger partial charge in [-0.1, -0.05) is 49.7 Å². The van der Waals surface area contributed by atoms with Gasteiger partial charge in [-0.15, -0.1) is 0 Å². The monoisotopic (exact) mass is 427 g/mol. The molecule has 6 nitrogen and oxygen atoms in total. The van der Waals surface area contributed by atoms with E-state index in [4.69, 9.17) is 9.47 Å². The van der Waals surface area contributed by atoms with Gasteiger partial charge in [0.25, 0.3) is 0 Å². The molecule has 0 radical (unpaired) electrons. The van der Waals surface area contributed by atoms with E-state index in [9.17, 15) is 14.7 Å². The van der Waals surface area contributed by atoms with E-state index in [1.165, 1.54) is 5.56 Å². The Balaban J connectivity index is 1.78. The van der Waals surface area contributed by atoms with E-state index in [-0.39, 0.29) is 31.4 Å². The molecule has 0 saturated heterocycles. The largest absolute Gasteiger partial charge is 0.459 e. The summed E-state index contributed by atoms with van der Waals surface area (Å²) in [5.41, 5.74) is 2.29. The molecule has 0 fully saturated rings. The third-order valence-electron chi connectivity index (χ3n) is 4.43. The summed E-state index contributed by atoms with van der Waals surface area (Å²) in [5.74, 6) is -0.289. The Labute approximate surface area is 184 Å². The number of hydrogen-bond acceptors (Lipinski definition) is 6. The zero-order valence-corrected chi connectivity index (χ0v) is 18.8.